The molecule has 0 amide bonds. The van der Waals surface area contributed by atoms with E-state index >= 15 is 0 Å². The van der Waals surface area contributed by atoms with Gasteiger partial charge < -0.3 is 20.9 Å². The lowest BCUT2D eigenvalue weighted by atomic mass is 10.1. The molecule has 0 radical (unpaired) electrons. The maximum atomic E-state index is 9.64. The Bertz CT molecular complexity index is 178. The van der Waals surface area contributed by atoms with Gasteiger partial charge in [0, 0.05) is 6.54 Å². The number of aliphatic hydroxyl groups excluding tert-OH is 1. The summed E-state index contributed by atoms with van der Waals surface area (Å²) in [7, 11) is 0. The Balaban J connectivity index is 1.91. The molecule has 4 nitrogen and oxygen atoms in total. The van der Waals surface area contributed by atoms with E-state index in [-0.39, 0.29) is 12.1 Å². The van der Waals surface area contributed by atoms with Crippen molar-refractivity contribution in [2.75, 3.05) is 19.7 Å². The second kappa shape index (κ2) is 8.01. The van der Waals surface area contributed by atoms with Crippen molar-refractivity contribution in [2.45, 2.75) is 57.3 Å². The van der Waals surface area contributed by atoms with Gasteiger partial charge in [-0.15, -0.1) is 0 Å². The van der Waals surface area contributed by atoms with Crippen LogP contribution in [-0.2, 0) is 4.74 Å². The molecule has 0 unspecified atom stereocenters. The Labute approximate surface area is 98.5 Å². The van der Waals surface area contributed by atoms with Crippen molar-refractivity contribution in [2.24, 2.45) is 5.73 Å². The van der Waals surface area contributed by atoms with E-state index in [0.717, 1.165) is 6.54 Å². The minimum absolute atomic E-state index is 0.120. The smallest absolute Gasteiger partial charge is 0.0987 e. The number of hydrogen-bond acceptors (Lipinski definition) is 4. The molecule has 96 valence electrons. The second-order valence-corrected chi connectivity index (χ2v) is 4.64. The second-order valence-electron chi connectivity index (χ2n) is 4.64. The first-order chi connectivity index (χ1) is 7.75. The lowest BCUT2D eigenvalue weighted by Gasteiger charge is -2.15. The van der Waals surface area contributed by atoms with Crippen LogP contribution in [0.15, 0.2) is 0 Å². The number of rotatable bonds is 8. The highest BCUT2D eigenvalue weighted by molar-refractivity contribution is 4.87. The fourth-order valence-corrected chi connectivity index (χ4v) is 1.99. The van der Waals surface area contributed by atoms with Gasteiger partial charge in [-0.25, -0.2) is 0 Å². The normalized spacial score (nSPS) is 29.8. The van der Waals surface area contributed by atoms with E-state index in [9.17, 15) is 5.11 Å². The molecule has 1 aliphatic heterocycles. The van der Waals surface area contributed by atoms with Crippen LogP contribution in [0.4, 0.5) is 0 Å². The van der Waals surface area contributed by atoms with Crippen LogP contribution >= 0.6 is 0 Å². The number of hydrogen-bond donors (Lipinski definition) is 3. The molecular weight excluding hydrogens is 204 g/mol. The molecule has 0 aromatic heterocycles. The summed E-state index contributed by atoms with van der Waals surface area (Å²) in [5.41, 5.74) is 5.65. The Morgan fingerprint density at radius 1 is 1.31 bits per heavy atom. The molecule has 1 heterocycles. The maximum Gasteiger partial charge on any atom is 0.0987 e. The number of ether oxygens (including phenoxy) is 1. The van der Waals surface area contributed by atoms with E-state index in [2.05, 4.69) is 12.2 Å². The number of nitrogens with one attached hydrogen (secondary N) is 1. The largest absolute Gasteiger partial charge is 0.389 e. The van der Waals surface area contributed by atoms with Gasteiger partial charge in [0.2, 0.25) is 0 Å². The van der Waals surface area contributed by atoms with Crippen molar-refractivity contribution in [1.29, 1.82) is 0 Å². The van der Waals surface area contributed by atoms with E-state index in [1.807, 2.05) is 0 Å². The molecule has 0 saturated carbocycles. The van der Waals surface area contributed by atoms with Crippen LogP contribution in [0.3, 0.4) is 0 Å². The zero-order valence-corrected chi connectivity index (χ0v) is 10.3. The fourth-order valence-electron chi connectivity index (χ4n) is 1.99. The van der Waals surface area contributed by atoms with Gasteiger partial charge in [0.15, 0.2) is 0 Å². The highest BCUT2D eigenvalue weighted by Crippen LogP contribution is 2.11. The summed E-state index contributed by atoms with van der Waals surface area (Å²) in [5, 5.41) is 13.0. The van der Waals surface area contributed by atoms with Gasteiger partial charge in [0.05, 0.1) is 24.9 Å². The SMILES string of the molecule is CCCCCCCNC[C@@H]1OC[C@H](N)[C@@H]1O. The van der Waals surface area contributed by atoms with Crippen molar-refractivity contribution >= 4 is 0 Å². The Kier molecular flexibility index (Phi) is 6.96. The first-order valence-electron chi connectivity index (χ1n) is 6.51. The molecule has 4 heteroatoms. The monoisotopic (exact) mass is 230 g/mol. The third-order valence-electron chi connectivity index (χ3n) is 3.12. The van der Waals surface area contributed by atoms with Crippen molar-refractivity contribution in [3.8, 4) is 0 Å². The molecule has 1 fully saturated rings. The van der Waals surface area contributed by atoms with Gasteiger partial charge in [-0.2, -0.15) is 0 Å². The van der Waals surface area contributed by atoms with E-state index in [4.69, 9.17) is 10.5 Å². The third-order valence-corrected chi connectivity index (χ3v) is 3.12. The van der Waals surface area contributed by atoms with Gasteiger partial charge in [0.1, 0.15) is 0 Å². The molecule has 1 saturated heterocycles. The van der Waals surface area contributed by atoms with Crippen LogP contribution in [0.1, 0.15) is 39.0 Å². The predicted molar refractivity (Wildman–Crippen MR) is 65.4 cm³/mol. The minimum atomic E-state index is -0.507. The Morgan fingerprint density at radius 2 is 2.06 bits per heavy atom. The van der Waals surface area contributed by atoms with Gasteiger partial charge in [0.25, 0.3) is 0 Å². The number of unbranched alkanes of at least 4 members (excludes halogenated alkanes) is 4. The average molecular weight is 230 g/mol. The standard InChI is InChI=1S/C12H26N2O2/c1-2-3-4-5-6-7-14-8-11-12(15)10(13)9-16-11/h10-12,14-15H,2-9,13H2,1H3/t10-,11-,12-/m0/s1. The van der Waals surface area contributed by atoms with Crippen molar-refractivity contribution < 1.29 is 9.84 Å². The zero-order valence-electron chi connectivity index (χ0n) is 10.3. The minimum Gasteiger partial charge on any atom is -0.389 e. The van der Waals surface area contributed by atoms with Crippen LogP contribution in [0.2, 0.25) is 0 Å². The summed E-state index contributed by atoms with van der Waals surface area (Å²) in [6, 6.07) is -0.212. The topological polar surface area (TPSA) is 67.5 Å². The first kappa shape index (κ1) is 13.9. The molecule has 0 aromatic carbocycles. The van der Waals surface area contributed by atoms with Gasteiger partial charge in [-0.05, 0) is 13.0 Å². The highest BCUT2D eigenvalue weighted by Gasteiger charge is 2.32. The van der Waals surface area contributed by atoms with Crippen molar-refractivity contribution in [1.82, 2.24) is 5.32 Å². The molecule has 0 spiro atoms. The Hall–Kier alpha value is -0.160. The van der Waals surface area contributed by atoms with Crippen molar-refractivity contribution in [3.05, 3.63) is 0 Å². The molecule has 0 bridgehead atoms. The maximum absolute atomic E-state index is 9.64. The average Bonchev–Trinajstić information content (AvgIpc) is 2.59. The summed E-state index contributed by atoms with van der Waals surface area (Å²) >= 11 is 0. The predicted octanol–water partition coefficient (Wildman–Crippen LogP) is 0.633. The third kappa shape index (κ3) is 4.78. The molecule has 1 aliphatic rings. The number of nitrogens with two attached hydrogens (primary N) is 1. The van der Waals surface area contributed by atoms with Crippen LogP contribution < -0.4 is 11.1 Å². The quantitative estimate of drug-likeness (QED) is 0.535. The molecule has 16 heavy (non-hydrogen) atoms. The Morgan fingerprint density at radius 3 is 2.69 bits per heavy atom. The van der Waals surface area contributed by atoms with E-state index in [1.54, 1.807) is 0 Å². The van der Waals surface area contributed by atoms with Crippen molar-refractivity contribution in [3.63, 3.8) is 0 Å². The van der Waals surface area contributed by atoms with Crippen LogP contribution in [-0.4, -0.2) is 43.1 Å². The van der Waals surface area contributed by atoms with Crippen LogP contribution in [0.5, 0.6) is 0 Å². The molecule has 1 rings (SSSR count). The lowest BCUT2D eigenvalue weighted by molar-refractivity contribution is 0.0419. The van der Waals surface area contributed by atoms with Gasteiger partial charge in [-0.1, -0.05) is 32.6 Å². The summed E-state index contributed by atoms with van der Waals surface area (Å²) in [5.74, 6) is 0. The summed E-state index contributed by atoms with van der Waals surface area (Å²) in [6.07, 6.45) is 5.81. The molecule has 3 atom stereocenters. The van der Waals surface area contributed by atoms with Crippen LogP contribution in [0.25, 0.3) is 0 Å². The lowest BCUT2D eigenvalue weighted by Crippen LogP contribution is -2.41. The zero-order chi connectivity index (χ0) is 11.8. The highest BCUT2D eigenvalue weighted by atomic mass is 16.5. The molecule has 4 N–H and O–H groups in total. The van der Waals surface area contributed by atoms with E-state index in [1.165, 1.54) is 32.1 Å². The number of aliphatic hydroxyl groups is 1. The molecule has 0 aromatic rings. The van der Waals surface area contributed by atoms with Gasteiger partial charge >= 0.3 is 0 Å². The summed E-state index contributed by atoms with van der Waals surface area (Å²) < 4.78 is 5.39. The first-order valence-corrected chi connectivity index (χ1v) is 6.51. The van der Waals surface area contributed by atoms with Crippen LogP contribution in [0, 0.1) is 0 Å². The summed E-state index contributed by atoms with van der Waals surface area (Å²) in [6.45, 7) is 4.42. The fraction of sp³-hybridized carbons (Fsp3) is 1.00. The van der Waals surface area contributed by atoms with E-state index < -0.39 is 6.10 Å². The molecule has 0 aliphatic carbocycles. The van der Waals surface area contributed by atoms with E-state index in [0.29, 0.717) is 13.2 Å². The van der Waals surface area contributed by atoms with Gasteiger partial charge in [-0.3, -0.25) is 0 Å². The summed E-state index contributed by atoms with van der Waals surface area (Å²) in [4.78, 5) is 0. The molecular formula is C12H26N2O2.